The summed E-state index contributed by atoms with van der Waals surface area (Å²) in [5.74, 6) is 0. The normalized spacial score (nSPS) is 11.1. The van der Waals surface area contributed by atoms with Gasteiger partial charge in [0.2, 0.25) is 0 Å². The molecular formula is C32H25N3. The molecule has 0 amide bonds. The van der Waals surface area contributed by atoms with E-state index in [0.29, 0.717) is 0 Å². The predicted molar refractivity (Wildman–Crippen MR) is 150 cm³/mol. The standard InChI is InChI=1S/C32H25N3/c33-26-10-16-29(17-11-26)35(30-18-12-27(34)13-19-30)28-14-8-22(9-15-28)31-7-3-6-25-20-23-4-1-2-5-24(23)21-32(25)31/h1-21H,33-34H2. The van der Waals surface area contributed by atoms with Gasteiger partial charge in [-0.15, -0.1) is 0 Å². The van der Waals surface area contributed by atoms with Crippen molar-refractivity contribution in [3.05, 3.63) is 127 Å². The topological polar surface area (TPSA) is 55.3 Å². The Bertz CT molecular complexity index is 1590. The van der Waals surface area contributed by atoms with E-state index in [1.54, 1.807) is 0 Å². The minimum atomic E-state index is 0.741. The van der Waals surface area contributed by atoms with Crippen molar-refractivity contribution in [3.63, 3.8) is 0 Å². The van der Waals surface area contributed by atoms with Crippen LogP contribution in [0, 0.1) is 0 Å². The van der Waals surface area contributed by atoms with Gasteiger partial charge in [-0.2, -0.15) is 0 Å². The van der Waals surface area contributed by atoms with Crippen molar-refractivity contribution in [2.45, 2.75) is 0 Å². The number of fused-ring (bicyclic) bond motifs is 2. The molecule has 6 aromatic rings. The lowest BCUT2D eigenvalue weighted by atomic mass is 9.95. The van der Waals surface area contributed by atoms with Crippen LogP contribution in [-0.4, -0.2) is 0 Å². The van der Waals surface area contributed by atoms with Crippen LogP contribution in [0.1, 0.15) is 0 Å². The number of rotatable bonds is 4. The molecule has 6 aromatic carbocycles. The van der Waals surface area contributed by atoms with Gasteiger partial charge in [0.15, 0.2) is 0 Å². The summed E-state index contributed by atoms with van der Waals surface area (Å²) < 4.78 is 0. The van der Waals surface area contributed by atoms with Gasteiger partial charge in [0, 0.05) is 28.4 Å². The SMILES string of the molecule is Nc1ccc(N(c2ccc(N)cc2)c2ccc(-c3cccc4cc5ccccc5cc34)cc2)cc1. The predicted octanol–water partition coefficient (Wildman–Crippen LogP) is 8.29. The fourth-order valence-electron chi connectivity index (χ4n) is 4.70. The van der Waals surface area contributed by atoms with Crippen LogP contribution < -0.4 is 16.4 Å². The Kier molecular flexibility index (Phi) is 5.08. The van der Waals surface area contributed by atoms with Crippen LogP contribution in [-0.2, 0) is 0 Å². The first kappa shape index (κ1) is 20.8. The molecule has 6 rings (SSSR count). The Hall–Kier alpha value is -4.76. The van der Waals surface area contributed by atoms with E-state index in [2.05, 4.69) is 83.8 Å². The van der Waals surface area contributed by atoms with Gasteiger partial charge in [-0.25, -0.2) is 0 Å². The van der Waals surface area contributed by atoms with Gasteiger partial charge in [0.05, 0.1) is 0 Å². The smallest absolute Gasteiger partial charge is 0.0463 e. The zero-order valence-corrected chi connectivity index (χ0v) is 19.2. The van der Waals surface area contributed by atoms with Gasteiger partial charge in [-0.05, 0) is 105 Å². The largest absolute Gasteiger partial charge is 0.399 e. The Morgan fingerprint density at radius 2 is 0.914 bits per heavy atom. The average molecular weight is 452 g/mol. The molecule has 0 bridgehead atoms. The first-order chi connectivity index (χ1) is 17.2. The summed E-state index contributed by atoms with van der Waals surface area (Å²) in [6, 6.07) is 44.2. The Morgan fingerprint density at radius 1 is 0.429 bits per heavy atom. The highest BCUT2D eigenvalue weighted by molar-refractivity contribution is 6.05. The van der Waals surface area contributed by atoms with E-state index in [-0.39, 0.29) is 0 Å². The summed E-state index contributed by atoms with van der Waals surface area (Å²) in [6.07, 6.45) is 0. The van der Waals surface area contributed by atoms with Gasteiger partial charge in [-0.1, -0.05) is 54.6 Å². The zero-order chi connectivity index (χ0) is 23.8. The van der Waals surface area contributed by atoms with Crippen LogP contribution >= 0.6 is 0 Å². The first-order valence-corrected chi connectivity index (χ1v) is 11.7. The van der Waals surface area contributed by atoms with E-state index in [1.165, 1.54) is 32.7 Å². The molecule has 168 valence electrons. The molecule has 0 radical (unpaired) electrons. The number of hydrogen-bond acceptors (Lipinski definition) is 3. The average Bonchev–Trinajstić information content (AvgIpc) is 2.90. The van der Waals surface area contributed by atoms with Crippen molar-refractivity contribution in [2.75, 3.05) is 16.4 Å². The van der Waals surface area contributed by atoms with Crippen molar-refractivity contribution in [2.24, 2.45) is 0 Å². The molecule has 0 fully saturated rings. The minimum Gasteiger partial charge on any atom is -0.399 e. The van der Waals surface area contributed by atoms with Crippen molar-refractivity contribution >= 4 is 50.0 Å². The molecule has 0 unspecified atom stereocenters. The second-order valence-electron chi connectivity index (χ2n) is 8.79. The highest BCUT2D eigenvalue weighted by Crippen LogP contribution is 2.37. The number of nitrogens with zero attached hydrogens (tertiary/aromatic N) is 1. The Morgan fingerprint density at radius 3 is 1.49 bits per heavy atom. The molecule has 0 aliphatic rings. The molecule has 0 atom stereocenters. The summed E-state index contributed by atoms with van der Waals surface area (Å²) >= 11 is 0. The van der Waals surface area contributed by atoms with Crippen LogP contribution in [0.4, 0.5) is 28.4 Å². The third-order valence-electron chi connectivity index (χ3n) is 6.49. The van der Waals surface area contributed by atoms with Crippen LogP contribution in [0.5, 0.6) is 0 Å². The van der Waals surface area contributed by atoms with Crippen LogP contribution in [0.3, 0.4) is 0 Å². The minimum absolute atomic E-state index is 0.741. The lowest BCUT2D eigenvalue weighted by molar-refractivity contribution is 1.28. The highest BCUT2D eigenvalue weighted by atomic mass is 15.1. The van der Waals surface area contributed by atoms with Crippen LogP contribution in [0.2, 0.25) is 0 Å². The summed E-state index contributed by atoms with van der Waals surface area (Å²) in [6.45, 7) is 0. The van der Waals surface area contributed by atoms with E-state index in [1.807, 2.05) is 48.5 Å². The number of benzene rings is 6. The zero-order valence-electron chi connectivity index (χ0n) is 19.2. The van der Waals surface area contributed by atoms with E-state index >= 15 is 0 Å². The lowest BCUT2D eigenvalue weighted by Crippen LogP contribution is -2.10. The summed E-state index contributed by atoms with van der Waals surface area (Å²) in [4.78, 5) is 2.21. The number of anilines is 5. The molecule has 0 spiro atoms. The number of nitrogens with two attached hydrogens (primary N) is 2. The maximum absolute atomic E-state index is 5.95. The second kappa shape index (κ2) is 8.54. The fourth-order valence-corrected chi connectivity index (χ4v) is 4.70. The fraction of sp³-hybridized carbons (Fsp3) is 0. The highest BCUT2D eigenvalue weighted by Gasteiger charge is 2.13. The van der Waals surface area contributed by atoms with Gasteiger partial charge in [0.1, 0.15) is 0 Å². The maximum Gasteiger partial charge on any atom is 0.0463 e. The molecule has 0 heterocycles. The van der Waals surface area contributed by atoms with E-state index in [9.17, 15) is 0 Å². The molecule has 0 aromatic heterocycles. The van der Waals surface area contributed by atoms with Gasteiger partial charge >= 0.3 is 0 Å². The van der Waals surface area contributed by atoms with E-state index in [0.717, 1.165) is 28.4 Å². The lowest BCUT2D eigenvalue weighted by Gasteiger charge is -2.26. The molecule has 0 aliphatic heterocycles. The molecule has 35 heavy (non-hydrogen) atoms. The number of nitrogen functional groups attached to an aromatic ring is 2. The van der Waals surface area contributed by atoms with Crippen molar-refractivity contribution < 1.29 is 0 Å². The molecule has 3 heteroatoms. The third-order valence-corrected chi connectivity index (χ3v) is 6.49. The molecule has 3 nitrogen and oxygen atoms in total. The molecule has 0 saturated carbocycles. The Balaban J connectivity index is 1.45. The van der Waals surface area contributed by atoms with Crippen molar-refractivity contribution in [3.8, 4) is 11.1 Å². The maximum atomic E-state index is 5.95. The van der Waals surface area contributed by atoms with Gasteiger partial charge in [-0.3, -0.25) is 0 Å². The van der Waals surface area contributed by atoms with Gasteiger partial charge in [0.25, 0.3) is 0 Å². The van der Waals surface area contributed by atoms with Gasteiger partial charge < -0.3 is 16.4 Å². The monoisotopic (exact) mass is 451 g/mol. The molecule has 0 saturated heterocycles. The third kappa shape index (κ3) is 3.94. The number of hydrogen-bond donors (Lipinski definition) is 2. The van der Waals surface area contributed by atoms with E-state index < -0.39 is 0 Å². The van der Waals surface area contributed by atoms with E-state index in [4.69, 9.17) is 11.5 Å². The molecule has 4 N–H and O–H groups in total. The summed E-state index contributed by atoms with van der Waals surface area (Å²) in [7, 11) is 0. The van der Waals surface area contributed by atoms with Crippen molar-refractivity contribution in [1.82, 2.24) is 0 Å². The van der Waals surface area contributed by atoms with Crippen LogP contribution in [0.25, 0.3) is 32.7 Å². The Labute approximate surface area is 204 Å². The quantitative estimate of drug-likeness (QED) is 0.209. The van der Waals surface area contributed by atoms with Crippen molar-refractivity contribution in [1.29, 1.82) is 0 Å². The summed E-state index contributed by atoms with van der Waals surface area (Å²) in [5.41, 5.74) is 18.9. The second-order valence-corrected chi connectivity index (χ2v) is 8.79. The first-order valence-electron chi connectivity index (χ1n) is 11.7. The molecular weight excluding hydrogens is 426 g/mol. The van der Waals surface area contributed by atoms with Crippen LogP contribution in [0.15, 0.2) is 127 Å². The molecule has 0 aliphatic carbocycles. The summed E-state index contributed by atoms with van der Waals surface area (Å²) in [5, 5.41) is 5.01.